The van der Waals surface area contributed by atoms with Crippen LogP contribution in [0.4, 0.5) is 10.2 Å². The molecule has 29 heavy (non-hydrogen) atoms. The Hall–Kier alpha value is -2.67. The quantitative estimate of drug-likeness (QED) is 0.554. The molecule has 0 spiro atoms. The summed E-state index contributed by atoms with van der Waals surface area (Å²) < 4.78 is 19.3. The van der Waals surface area contributed by atoms with Gasteiger partial charge in [-0.3, -0.25) is 4.79 Å². The molecule has 2 bridgehead atoms. The van der Waals surface area contributed by atoms with E-state index in [2.05, 4.69) is 32.8 Å². The Bertz CT molecular complexity index is 937. The minimum Gasteiger partial charge on any atom is -0.497 e. The lowest BCUT2D eigenvalue weighted by Gasteiger charge is -2.29. The molecule has 6 nitrogen and oxygen atoms in total. The molecule has 1 heterocycles. The van der Waals surface area contributed by atoms with Crippen molar-refractivity contribution in [3.63, 3.8) is 0 Å². The molecule has 2 aliphatic carbocycles. The van der Waals surface area contributed by atoms with E-state index in [1.165, 1.54) is 0 Å². The standard InChI is InChI=1S/C21H22ClFN4O2/c1-11(12-5-7-15(29-2)8-6-12)25-20(28)17-13-3-4-14(9-13)18(17)26-19-16(23)10-24-21(22)27-19/h3-8,10-11,13-14,17-18H,9H2,1-2H3,(H,25,28)(H,24,26,27)/t11-,13-,14+,17?,18+/m1/s1. The molecule has 1 saturated carbocycles. The van der Waals surface area contributed by atoms with Gasteiger partial charge in [0.15, 0.2) is 11.6 Å². The van der Waals surface area contributed by atoms with E-state index >= 15 is 0 Å². The summed E-state index contributed by atoms with van der Waals surface area (Å²) in [6.07, 6.45) is 6.04. The van der Waals surface area contributed by atoms with Crippen LogP contribution in [0.25, 0.3) is 0 Å². The number of hydrogen-bond donors (Lipinski definition) is 2. The number of hydrogen-bond acceptors (Lipinski definition) is 5. The number of rotatable bonds is 6. The summed E-state index contributed by atoms with van der Waals surface area (Å²) in [7, 11) is 1.61. The average molecular weight is 417 g/mol. The van der Waals surface area contributed by atoms with Crippen LogP contribution in [0.5, 0.6) is 5.75 Å². The molecule has 1 amide bonds. The fourth-order valence-electron chi connectivity index (χ4n) is 4.27. The van der Waals surface area contributed by atoms with Gasteiger partial charge in [-0.15, -0.1) is 0 Å². The molecule has 1 unspecified atom stereocenters. The lowest BCUT2D eigenvalue weighted by Crippen LogP contribution is -2.44. The highest BCUT2D eigenvalue weighted by Gasteiger charge is 2.48. The Labute approximate surface area is 173 Å². The second-order valence-corrected chi connectivity index (χ2v) is 7.82. The highest BCUT2D eigenvalue weighted by molar-refractivity contribution is 6.28. The SMILES string of the molecule is COc1ccc([C@@H](C)NC(=O)C2[C@@H]3C=C[C@@H](C3)[C@@H]2Nc2nc(Cl)ncc2F)cc1. The number of carbonyl (C=O) groups excluding carboxylic acids is 1. The number of ether oxygens (including phenoxy) is 1. The fraction of sp³-hybridized carbons (Fsp3) is 0.381. The lowest BCUT2D eigenvalue weighted by molar-refractivity contribution is -0.126. The van der Waals surface area contributed by atoms with Crippen molar-refractivity contribution in [3.8, 4) is 5.75 Å². The van der Waals surface area contributed by atoms with Crippen LogP contribution in [0.3, 0.4) is 0 Å². The van der Waals surface area contributed by atoms with Crippen molar-refractivity contribution in [3.05, 3.63) is 59.3 Å². The molecule has 2 N–H and O–H groups in total. The maximum Gasteiger partial charge on any atom is 0.226 e. The van der Waals surface area contributed by atoms with Gasteiger partial charge in [0, 0.05) is 6.04 Å². The predicted octanol–water partition coefficient (Wildman–Crippen LogP) is 3.76. The van der Waals surface area contributed by atoms with Crippen LogP contribution in [-0.4, -0.2) is 29.0 Å². The van der Waals surface area contributed by atoms with E-state index in [0.29, 0.717) is 0 Å². The Morgan fingerprint density at radius 3 is 2.72 bits per heavy atom. The van der Waals surface area contributed by atoms with Crippen LogP contribution in [0.15, 0.2) is 42.6 Å². The maximum absolute atomic E-state index is 14.1. The molecular weight excluding hydrogens is 395 g/mol. The van der Waals surface area contributed by atoms with E-state index < -0.39 is 5.82 Å². The topological polar surface area (TPSA) is 76.1 Å². The van der Waals surface area contributed by atoms with Crippen LogP contribution < -0.4 is 15.4 Å². The van der Waals surface area contributed by atoms with Gasteiger partial charge in [-0.05, 0) is 54.5 Å². The van der Waals surface area contributed by atoms with Crippen molar-refractivity contribution in [1.82, 2.24) is 15.3 Å². The van der Waals surface area contributed by atoms with Crippen molar-refractivity contribution in [2.75, 3.05) is 12.4 Å². The van der Waals surface area contributed by atoms with E-state index in [4.69, 9.17) is 16.3 Å². The van der Waals surface area contributed by atoms with Crippen LogP contribution in [0, 0.1) is 23.6 Å². The number of allylic oxidation sites excluding steroid dienone is 1. The normalized spacial score (nSPS) is 25.7. The van der Waals surface area contributed by atoms with Gasteiger partial charge in [0.05, 0.1) is 25.3 Å². The fourth-order valence-corrected chi connectivity index (χ4v) is 4.40. The summed E-state index contributed by atoms with van der Waals surface area (Å²) in [6.45, 7) is 1.94. The number of aromatic nitrogens is 2. The molecule has 1 fully saturated rings. The molecule has 1 aromatic heterocycles. The third-order valence-corrected chi connectivity index (χ3v) is 5.94. The molecule has 152 valence electrons. The first kappa shape index (κ1) is 19.6. The zero-order valence-corrected chi connectivity index (χ0v) is 16.9. The molecule has 0 radical (unpaired) electrons. The molecule has 1 aromatic carbocycles. The first-order valence-corrected chi connectivity index (χ1v) is 9.91. The van der Waals surface area contributed by atoms with Gasteiger partial charge in [0.1, 0.15) is 5.75 Å². The number of fused-ring (bicyclic) bond motifs is 2. The zero-order valence-electron chi connectivity index (χ0n) is 16.1. The molecule has 8 heteroatoms. The maximum atomic E-state index is 14.1. The van der Waals surface area contributed by atoms with Gasteiger partial charge >= 0.3 is 0 Å². The van der Waals surface area contributed by atoms with E-state index in [0.717, 1.165) is 23.9 Å². The minimum absolute atomic E-state index is 0.0250. The van der Waals surface area contributed by atoms with Crippen molar-refractivity contribution < 1.29 is 13.9 Å². The van der Waals surface area contributed by atoms with Crippen molar-refractivity contribution in [1.29, 1.82) is 0 Å². The monoisotopic (exact) mass is 416 g/mol. The summed E-state index contributed by atoms with van der Waals surface area (Å²) in [5.74, 6) is 0.0624. The first-order chi connectivity index (χ1) is 14.0. The number of halogens is 2. The van der Waals surface area contributed by atoms with E-state index in [-0.39, 0.29) is 46.8 Å². The number of benzene rings is 1. The third-order valence-electron chi connectivity index (χ3n) is 5.75. The van der Waals surface area contributed by atoms with Gasteiger partial charge in [-0.25, -0.2) is 9.37 Å². The molecule has 0 saturated heterocycles. The molecule has 0 aliphatic heterocycles. The van der Waals surface area contributed by atoms with Crippen molar-refractivity contribution in [2.45, 2.75) is 25.4 Å². The van der Waals surface area contributed by atoms with Gasteiger partial charge in [-0.1, -0.05) is 24.3 Å². The van der Waals surface area contributed by atoms with Crippen LogP contribution in [-0.2, 0) is 4.79 Å². The van der Waals surface area contributed by atoms with Crippen LogP contribution >= 0.6 is 11.6 Å². The summed E-state index contributed by atoms with van der Waals surface area (Å²) in [6, 6.07) is 7.17. The first-order valence-electron chi connectivity index (χ1n) is 9.53. The molecular formula is C21H22ClFN4O2. The van der Waals surface area contributed by atoms with Gasteiger partial charge in [0.2, 0.25) is 11.2 Å². The number of nitrogens with one attached hydrogen (secondary N) is 2. The smallest absolute Gasteiger partial charge is 0.226 e. The Morgan fingerprint density at radius 1 is 1.28 bits per heavy atom. The van der Waals surface area contributed by atoms with E-state index in [9.17, 15) is 9.18 Å². The second kappa shape index (κ2) is 7.99. The van der Waals surface area contributed by atoms with Crippen molar-refractivity contribution >= 4 is 23.3 Å². The number of anilines is 1. The van der Waals surface area contributed by atoms with E-state index in [1.807, 2.05) is 31.2 Å². The van der Waals surface area contributed by atoms with E-state index in [1.54, 1.807) is 7.11 Å². The predicted molar refractivity (Wildman–Crippen MR) is 108 cm³/mol. The van der Waals surface area contributed by atoms with Crippen molar-refractivity contribution in [2.24, 2.45) is 17.8 Å². The number of amides is 1. The largest absolute Gasteiger partial charge is 0.497 e. The van der Waals surface area contributed by atoms with Gasteiger partial charge in [0.25, 0.3) is 0 Å². The summed E-state index contributed by atoms with van der Waals surface area (Å²) in [5.41, 5.74) is 0.982. The Morgan fingerprint density at radius 2 is 2.00 bits per heavy atom. The molecule has 2 aromatic rings. The lowest BCUT2D eigenvalue weighted by atomic mass is 9.87. The summed E-state index contributed by atoms with van der Waals surface area (Å²) in [5, 5.41) is 6.16. The Kier molecular flexibility index (Phi) is 5.41. The summed E-state index contributed by atoms with van der Waals surface area (Å²) in [4.78, 5) is 20.7. The second-order valence-electron chi connectivity index (χ2n) is 7.48. The highest BCUT2D eigenvalue weighted by atomic mass is 35.5. The summed E-state index contributed by atoms with van der Waals surface area (Å²) >= 11 is 5.81. The van der Waals surface area contributed by atoms with Crippen LogP contribution in [0.2, 0.25) is 5.28 Å². The zero-order chi connectivity index (χ0) is 20.5. The highest BCUT2D eigenvalue weighted by Crippen LogP contribution is 2.45. The third kappa shape index (κ3) is 3.92. The number of methoxy groups -OCH3 is 1. The van der Waals surface area contributed by atoms with Gasteiger partial charge < -0.3 is 15.4 Å². The van der Waals surface area contributed by atoms with Gasteiger partial charge in [-0.2, -0.15) is 4.98 Å². The average Bonchev–Trinajstić information content (AvgIpc) is 3.32. The molecule has 5 atom stereocenters. The number of nitrogens with zero attached hydrogens (tertiary/aromatic N) is 2. The molecule has 4 rings (SSSR count). The molecule has 2 aliphatic rings. The minimum atomic E-state index is -0.591. The Balaban J connectivity index is 1.50. The van der Waals surface area contributed by atoms with Crippen LogP contribution in [0.1, 0.15) is 24.9 Å². The number of carbonyl (C=O) groups is 1.